The highest BCUT2D eigenvalue weighted by atomic mass is 32.2. The van der Waals surface area contributed by atoms with Crippen LogP contribution in [0.15, 0.2) is 29.2 Å². The summed E-state index contributed by atoms with van der Waals surface area (Å²) in [6.07, 6.45) is 7.34. The Morgan fingerprint density at radius 3 is 3.05 bits per heavy atom. The van der Waals surface area contributed by atoms with Crippen LogP contribution in [0.4, 0.5) is 4.79 Å². The van der Waals surface area contributed by atoms with Gasteiger partial charge in [-0.25, -0.2) is 0 Å². The molecular weight excluding hydrogens is 258 g/mol. The third-order valence-electron chi connectivity index (χ3n) is 2.37. The molecule has 1 rings (SSSR count). The Kier molecular flexibility index (Phi) is 6.91. The number of thioether (sulfide) groups is 1. The molecule has 19 heavy (non-hydrogen) atoms. The molecule has 1 amide bonds. The summed E-state index contributed by atoms with van der Waals surface area (Å²) in [7, 11) is 0. The van der Waals surface area contributed by atoms with Gasteiger partial charge in [-0.3, -0.25) is 4.79 Å². The predicted octanol–water partition coefficient (Wildman–Crippen LogP) is 3.69. The van der Waals surface area contributed by atoms with E-state index in [4.69, 9.17) is 11.2 Å². The average Bonchev–Trinajstić information content (AvgIpc) is 2.39. The smallest absolute Gasteiger partial charge is 0.284 e. The summed E-state index contributed by atoms with van der Waals surface area (Å²) in [6, 6.07) is 7.24. The number of unbranched alkanes of at least 4 members (excludes halogenated alkanes) is 1. The van der Waals surface area contributed by atoms with Crippen molar-refractivity contribution in [3.8, 4) is 18.1 Å². The monoisotopic (exact) mass is 277 g/mol. The zero-order valence-corrected chi connectivity index (χ0v) is 12.1. The van der Waals surface area contributed by atoms with E-state index in [0.29, 0.717) is 6.61 Å². The highest BCUT2D eigenvalue weighted by molar-refractivity contribution is 8.13. The molecule has 0 spiro atoms. The van der Waals surface area contributed by atoms with Crippen molar-refractivity contribution in [2.45, 2.75) is 37.6 Å². The van der Waals surface area contributed by atoms with Crippen molar-refractivity contribution in [2.24, 2.45) is 0 Å². The van der Waals surface area contributed by atoms with Crippen LogP contribution in [0.3, 0.4) is 0 Å². The molecule has 0 fully saturated rings. The van der Waals surface area contributed by atoms with Crippen LogP contribution in [0.2, 0.25) is 0 Å². The first-order valence-electron chi connectivity index (χ1n) is 6.33. The Morgan fingerprint density at radius 2 is 2.37 bits per heavy atom. The molecule has 1 N–H and O–H groups in total. The molecule has 0 aliphatic rings. The number of amides is 1. The van der Waals surface area contributed by atoms with Gasteiger partial charge in [-0.15, -0.1) is 6.42 Å². The second kappa shape index (κ2) is 8.49. The second-order valence-electron chi connectivity index (χ2n) is 4.10. The van der Waals surface area contributed by atoms with Gasteiger partial charge in [0.25, 0.3) is 5.24 Å². The molecule has 1 aromatic carbocycles. The maximum absolute atomic E-state index is 11.7. The fraction of sp³-hybridized carbons (Fsp3) is 0.400. The van der Waals surface area contributed by atoms with Gasteiger partial charge in [-0.1, -0.05) is 25.3 Å². The van der Waals surface area contributed by atoms with E-state index >= 15 is 0 Å². The normalized spacial score (nSPS) is 11.4. The minimum Gasteiger partial charge on any atom is -0.494 e. The summed E-state index contributed by atoms with van der Waals surface area (Å²) >= 11 is 1.12. The molecule has 1 aromatic rings. The maximum atomic E-state index is 11.7. The van der Waals surface area contributed by atoms with Crippen molar-refractivity contribution in [2.75, 3.05) is 6.61 Å². The SMILES string of the molecule is C#CC(C)NC(=O)Sc1cccc(OCCCC)c1. The lowest BCUT2D eigenvalue weighted by atomic mass is 10.3. The average molecular weight is 277 g/mol. The van der Waals surface area contributed by atoms with Crippen molar-refractivity contribution in [1.82, 2.24) is 5.32 Å². The largest absolute Gasteiger partial charge is 0.494 e. The lowest BCUT2D eigenvalue weighted by Crippen LogP contribution is -2.27. The van der Waals surface area contributed by atoms with Crippen molar-refractivity contribution >= 4 is 17.0 Å². The number of hydrogen-bond donors (Lipinski definition) is 1. The quantitative estimate of drug-likeness (QED) is 0.489. The van der Waals surface area contributed by atoms with Gasteiger partial charge >= 0.3 is 0 Å². The third-order valence-corrected chi connectivity index (χ3v) is 3.16. The maximum Gasteiger partial charge on any atom is 0.284 e. The van der Waals surface area contributed by atoms with Crippen molar-refractivity contribution in [3.63, 3.8) is 0 Å². The molecule has 0 aromatic heterocycles. The Hall–Kier alpha value is -1.60. The lowest BCUT2D eigenvalue weighted by molar-refractivity contribution is 0.260. The number of rotatable bonds is 6. The zero-order valence-electron chi connectivity index (χ0n) is 11.3. The predicted molar refractivity (Wildman–Crippen MR) is 79.5 cm³/mol. The lowest BCUT2D eigenvalue weighted by Gasteiger charge is -2.09. The molecule has 0 saturated heterocycles. The first-order valence-corrected chi connectivity index (χ1v) is 7.14. The minimum atomic E-state index is -0.260. The number of nitrogens with one attached hydrogen (secondary N) is 1. The molecule has 3 nitrogen and oxygen atoms in total. The highest BCUT2D eigenvalue weighted by Crippen LogP contribution is 2.23. The zero-order chi connectivity index (χ0) is 14.1. The third kappa shape index (κ3) is 6.21. The van der Waals surface area contributed by atoms with E-state index in [-0.39, 0.29) is 11.3 Å². The standard InChI is InChI=1S/C15H19NO2S/c1-4-6-10-18-13-8-7-9-14(11-13)19-15(17)16-12(3)5-2/h2,7-9,11-12H,4,6,10H2,1,3H3,(H,16,17). The summed E-state index contributed by atoms with van der Waals surface area (Å²) in [4.78, 5) is 12.5. The van der Waals surface area contributed by atoms with Gasteiger partial charge in [0.1, 0.15) is 5.75 Å². The molecule has 0 radical (unpaired) electrons. The molecule has 0 aliphatic heterocycles. The summed E-state index contributed by atoms with van der Waals surface area (Å²) < 4.78 is 5.59. The summed E-state index contributed by atoms with van der Waals surface area (Å²) in [5, 5.41) is 2.54. The van der Waals surface area contributed by atoms with Crippen LogP contribution in [0.25, 0.3) is 0 Å². The van der Waals surface area contributed by atoms with E-state index in [1.54, 1.807) is 6.92 Å². The van der Waals surface area contributed by atoms with Gasteiger partial charge in [0.05, 0.1) is 12.6 Å². The fourth-order valence-corrected chi connectivity index (χ4v) is 2.09. The first kappa shape index (κ1) is 15.5. The van der Waals surface area contributed by atoms with Crippen LogP contribution in [0, 0.1) is 12.3 Å². The van der Waals surface area contributed by atoms with E-state index in [9.17, 15) is 4.79 Å². The molecule has 1 unspecified atom stereocenters. The van der Waals surface area contributed by atoms with Crippen LogP contribution in [-0.4, -0.2) is 17.9 Å². The number of benzene rings is 1. The molecular formula is C15H19NO2S. The Balaban J connectivity index is 2.52. The Labute approximate surface area is 119 Å². The van der Waals surface area contributed by atoms with Crippen LogP contribution in [0.1, 0.15) is 26.7 Å². The van der Waals surface area contributed by atoms with Gasteiger partial charge in [-0.05, 0) is 43.3 Å². The van der Waals surface area contributed by atoms with E-state index in [1.807, 2.05) is 24.3 Å². The van der Waals surface area contributed by atoms with Crippen molar-refractivity contribution in [3.05, 3.63) is 24.3 Å². The first-order chi connectivity index (χ1) is 9.15. The number of ether oxygens (including phenoxy) is 1. The van der Waals surface area contributed by atoms with Gasteiger partial charge in [0.2, 0.25) is 0 Å². The number of carbonyl (C=O) groups excluding carboxylic acids is 1. The second-order valence-corrected chi connectivity index (χ2v) is 5.15. The van der Waals surface area contributed by atoms with Crippen LogP contribution >= 0.6 is 11.8 Å². The Morgan fingerprint density at radius 1 is 1.58 bits per heavy atom. The molecule has 4 heteroatoms. The van der Waals surface area contributed by atoms with Gasteiger partial charge in [0, 0.05) is 4.90 Å². The number of hydrogen-bond acceptors (Lipinski definition) is 3. The summed E-state index contributed by atoms with van der Waals surface area (Å²) in [6.45, 7) is 4.58. The van der Waals surface area contributed by atoms with Crippen LogP contribution in [-0.2, 0) is 0 Å². The number of carbonyl (C=O) groups is 1. The number of terminal acetylenes is 1. The molecule has 102 valence electrons. The fourth-order valence-electron chi connectivity index (χ4n) is 1.32. The van der Waals surface area contributed by atoms with E-state index in [2.05, 4.69) is 18.2 Å². The van der Waals surface area contributed by atoms with Crippen molar-refractivity contribution < 1.29 is 9.53 Å². The molecule has 1 atom stereocenters. The summed E-state index contributed by atoms with van der Waals surface area (Å²) in [5.41, 5.74) is 0. The molecule has 0 bridgehead atoms. The highest BCUT2D eigenvalue weighted by Gasteiger charge is 2.07. The molecule has 0 saturated carbocycles. The van der Waals surface area contributed by atoms with Crippen LogP contribution < -0.4 is 10.1 Å². The van der Waals surface area contributed by atoms with E-state index in [1.165, 1.54) is 0 Å². The van der Waals surface area contributed by atoms with E-state index in [0.717, 1.165) is 35.2 Å². The Bertz CT molecular complexity index is 454. The van der Waals surface area contributed by atoms with Gasteiger partial charge < -0.3 is 10.1 Å². The minimum absolute atomic E-state index is 0.156. The van der Waals surface area contributed by atoms with Crippen LogP contribution in [0.5, 0.6) is 5.75 Å². The van der Waals surface area contributed by atoms with Gasteiger partial charge in [-0.2, -0.15) is 0 Å². The van der Waals surface area contributed by atoms with E-state index < -0.39 is 0 Å². The van der Waals surface area contributed by atoms with Crippen molar-refractivity contribution in [1.29, 1.82) is 0 Å². The molecule has 0 heterocycles. The molecule has 0 aliphatic carbocycles. The topological polar surface area (TPSA) is 38.3 Å². The summed E-state index contributed by atoms with van der Waals surface area (Å²) in [5.74, 6) is 3.25. The van der Waals surface area contributed by atoms with Gasteiger partial charge in [0.15, 0.2) is 0 Å².